The quantitative estimate of drug-likeness (QED) is 0.805. The predicted molar refractivity (Wildman–Crippen MR) is 84.6 cm³/mol. The Morgan fingerprint density at radius 1 is 1.39 bits per heavy atom. The van der Waals surface area contributed by atoms with Gasteiger partial charge < -0.3 is 19.9 Å². The Morgan fingerprint density at radius 3 is 2.78 bits per heavy atom. The molecule has 23 heavy (non-hydrogen) atoms. The second-order valence-electron chi connectivity index (χ2n) is 5.80. The van der Waals surface area contributed by atoms with Gasteiger partial charge in [0.15, 0.2) is 0 Å². The molecule has 0 bridgehead atoms. The molecular weight excluding hydrogens is 298 g/mol. The van der Waals surface area contributed by atoms with Crippen molar-refractivity contribution in [2.24, 2.45) is 0 Å². The Bertz CT molecular complexity index is 572. The Balaban J connectivity index is 1.82. The predicted octanol–water partition coefficient (Wildman–Crippen LogP) is 2.36. The van der Waals surface area contributed by atoms with Crippen molar-refractivity contribution in [3.63, 3.8) is 0 Å². The van der Waals surface area contributed by atoms with Crippen LogP contribution >= 0.6 is 0 Å². The number of carbonyl (C=O) groups excluding carboxylic acids is 1. The van der Waals surface area contributed by atoms with Crippen molar-refractivity contribution >= 4 is 11.9 Å². The summed E-state index contributed by atoms with van der Waals surface area (Å²) in [6.07, 6.45) is 3.66. The molecule has 0 aromatic heterocycles. The number of aromatic carboxylic acids is 1. The second kappa shape index (κ2) is 7.97. The zero-order chi connectivity index (χ0) is 16.8. The lowest BCUT2D eigenvalue weighted by molar-refractivity contribution is -0.122. The van der Waals surface area contributed by atoms with Gasteiger partial charge in [0, 0.05) is 13.0 Å². The van der Waals surface area contributed by atoms with Gasteiger partial charge in [-0.15, -0.1) is 0 Å². The van der Waals surface area contributed by atoms with Gasteiger partial charge in [-0.1, -0.05) is 6.07 Å². The monoisotopic (exact) mass is 321 g/mol. The summed E-state index contributed by atoms with van der Waals surface area (Å²) in [6.45, 7) is 2.34. The van der Waals surface area contributed by atoms with Gasteiger partial charge in [-0.2, -0.15) is 0 Å². The van der Waals surface area contributed by atoms with Gasteiger partial charge in [0.05, 0.1) is 19.3 Å². The molecule has 0 radical (unpaired) electrons. The fourth-order valence-electron chi connectivity index (χ4n) is 2.71. The van der Waals surface area contributed by atoms with Crippen molar-refractivity contribution in [1.82, 2.24) is 5.32 Å². The molecule has 1 fully saturated rings. The highest BCUT2D eigenvalue weighted by atomic mass is 16.5. The van der Waals surface area contributed by atoms with Gasteiger partial charge >= 0.3 is 5.97 Å². The first kappa shape index (κ1) is 17.3. The third-order valence-corrected chi connectivity index (χ3v) is 4.00. The van der Waals surface area contributed by atoms with Crippen LogP contribution in [-0.2, 0) is 16.1 Å². The summed E-state index contributed by atoms with van der Waals surface area (Å²) >= 11 is 0. The summed E-state index contributed by atoms with van der Waals surface area (Å²) in [5, 5.41) is 12.0. The van der Waals surface area contributed by atoms with Crippen LogP contribution in [0.2, 0.25) is 0 Å². The Labute approximate surface area is 135 Å². The van der Waals surface area contributed by atoms with Crippen LogP contribution in [0, 0.1) is 0 Å². The molecule has 1 aromatic rings. The second-order valence-corrected chi connectivity index (χ2v) is 5.80. The van der Waals surface area contributed by atoms with Crippen molar-refractivity contribution < 1.29 is 24.2 Å². The number of ether oxygens (including phenoxy) is 2. The molecule has 1 amide bonds. The minimum absolute atomic E-state index is 0.0548. The van der Waals surface area contributed by atoms with Crippen molar-refractivity contribution in [1.29, 1.82) is 0 Å². The number of amides is 1. The topological polar surface area (TPSA) is 84.9 Å². The highest BCUT2D eigenvalue weighted by Crippen LogP contribution is 2.22. The smallest absolute Gasteiger partial charge is 0.339 e. The molecule has 1 aliphatic heterocycles. The van der Waals surface area contributed by atoms with E-state index in [2.05, 4.69) is 5.32 Å². The largest absolute Gasteiger partial charge is 0.496 e. The summed E-state index contributed by atoms with van der Waals surface area (Å²) in [5.74, 6) is -0.802. The molecule has 1 aliphatic rings. The van der Waals surface area contributed by atoms with Crippen LogP contribution in [0.1, 0.15) is 48.5 Å². The van der Waals surface area contributed by atoms with E-state index in [-0.39, 0.29) is 23.7 Å². The van der Waals surface area contributed by atoms with E-state index in [1.807, 2.05) is 6.92 Å². The zero-order valence-electron chi connectivity index (χ0n) is 13.5. The molecule has 0 spiro atoms. The summed E-state index contributed by atoms with van der Waals surface area (Å²) in [4.78, 5) is 23.1. The van der Waals surface area contributed by atoms with E-state index in [1.165, 1.54) is 13.2 Å². The fourth-order valence-corrected chi connectivity index (χ4v) is 2.71. The first-order valence-electron chi connectivity index (χ1n) is 7.82. The molecular formula is C17H23NO5. The number of carboxylic acids is 1. The molecule has 0 aliphatic carbocycles. The number of carbonyl (C=O) groups is 2. The number of hydrogen-bond donors (Lipinski definition) is 2. The first-order chi connectivity index (χ1) is 11.0. The summed E-state index contributed by atoms with van der Waals surface area (Å²) in [5.41, 5.74) is 0.815. The molecule has 2 N–H and O–H groups in total. The Hall–Kier alpha value is -2.08. The standard InChI is InChI=1S/C17H23NO5/c1-11-3-5-13(23-11)6-8-16(19)18-10-12-4-7-15(22-2)14(9-12)17(20)21/h4,7,9,11,13H,3,5-6,8,10H2,1-2H3,(H,18,19)(H,20,21)/t11-,13+/m0/s1. The SMILES string of the molecule is COc1ccc(CNC(=O)CC[C@H]2CC[C@H](C)O2)cc1C(=O)O. The molecule has 1 aromatic carbocycles. The lowest BCUT2D eigenvalue weighted by atomic mass is 10.1. The van der Waals surface area contributed by atoms with Gasteiger partial charge in [0.25, 0.3) is 0 Å². The minimum atomic E-state index is -1.05. The molecule has 1 saturated heterocycles. The first-order valence-corrected chi connectivity index (χ1v) is 7.82. The summed E-state index contributed by atoms with van der Waals surface area (Å²) in [7, 11) is 1.43. The van der Waals surface area contributed by atoms with Gasteiger partial charge in [0.1, 0.15) is 11.3 Å². The zero-order valence-corrected chi connectivity index (χ0v) is 13.5. The van der Waals surface area contributed by atoms with E-state index in [4.69, 9.17) is 14.6 Å². The van der Waals surface area contributed by atoms with Gasteiger partial charge in [-0.05, 0) is 43.9 Å². The number of hydrogen-bond acceptors (Lipinski definition) is 4. The summed E-state index contributed by atoms with van der Waals surface area (Å²) in [6, 6.07) is 4.86. The number of rotatable bonds is 7. The summed E-state index contributed by atoms with van der Waals surface area (Å²) < 4.78 is 10.7. The molecule has 6 heteroatoms. The van der Waals surface area contributed by atoms with Gasteiger partial charge in [-0.3, -0.25) is 4.79 Å². The van der Waals surface area contributed by atoms with Crippen LogP contribution in [0.15, 0.2) is 18.2 Å². The van der Waals surface area contributed by atoms with E-state index in [9.17, 15) is 9.59 Å². The third kappa shape index (κ3) is 4.96. The Morgan fingerprint density at radius 2 is 2.17 bits per heavy atom. The number of carboxylic acid groups (broad SMARTS) is 1. The lowest BCUT2D eigenvalue weighted by Crippen LogP contribution is -2.24. The van der Waals surface area contributed by atoms with Crippen LogP contribution in [-0.4, -0.2) is 36.3 Å². The molecule has 0 saturated carbocycles. The third-order valence-electron chi connectivity index (χ3n) is 4.00. The van der Waals surface area contributed by atoms with Gasteiger partial charge in [-0.25, -0.2) is 4.79 Å². The number of nitrogens with one attached hydrogen (secondary N) is 1. The maximum absolute atomic E-state index is 11.9. The maximum atomic E-state index is 11.9. The molecule has 2 rings (SSSR count). The average molecular weight is 321 g/mol. The minimum Gasteiger partial charge on any atom is -0.496 e. The van der Waals surface area contributed by atoms with Crippen LogP contribution in [0.4, 0.5) is 0 Å². The molecule has 0 unspecified atom stereocenters. The molecule has 1 heterocycles. The number of methoxy groups -OCH3 is 1. The molecule has 2 atom stereocenters. The maximum Gasteiger partial charge on any atom is 0.339 e. The van der Waals surface area contributed by atoms with Crippen molar-refractivity contribution in [2.75, 3.05) is 7.11 Å². The molecule has 6 nitrogen and oxygen atoms in total. The Kier molecular flexibility index (Phi) is 5.98. The van der Waals surface area contributed by atoms with E-state index in [0.717, 1.165) is 24.8 Å². The van der Waals surface area contributed by atoms with Crippen molar-refractivity contribution in [3.05, 3.63) is 29.3 Å². The highest BCUT2D eigenvalue weighted by molar-refractivity contribution is 5.91. The van der Waals surface area contributed by atoms with E-state index >= 15 is 0 Å². The van der Waals surface area contributed by atoms with E-state index in [1.54, 1.807) is 12.1 Å². The number of benzene rings is 1. The molecule has 126 valence electrons. The van der Waals surface area contributed by atoms with Crippen molar-refractivity contribution in [2.45, 2.75) is 51.4 Å². The van der Waals surface area contributed by atoms with E-state index < -0.39 is 5.97 Å². The van der Waals surface area contributed by atoms with Gasteiger partial charge in [0.2, 0.25) is 5.91 Å². The normalized spacial score (nSPS) is 20.3. The van der Waals surface area contributed by atoms with Crippen molar-refractivity contribution in [3.8, 4) is 5.75 Å². The average Bonchev–Trinajstić information content (AvgIpc) is 2.96. The highest BCUT2D eigenvalue weighted by Gasteiger charge is 2.22. The fraction of sp³-hybridized carbons (Fsp3) is 0.529. The van der Waals surface area contributed by atoms with Crippen LogP contribution in [0.3, 0.4) is 0 Å². The van der Waals surface area contributed by atoms with E-state index in [0.29, 0.717) is 18.7 Å². The van der Waals surface area contributed by atoms with Crippen LogP contribution in [0.25, 0.3) is 0 Å². The lowest BCUT2D eigenvalue weighted by Gasteiger charge is -2.11. The van der Waals surface area contributed by atoms with Crippen LogP contribution < -0.4 is 10.1 Å². The van der Waals surface area contributed by atoms with Crippen LogP contribution in [0.5, 0.6) is 5.75 Å².